The van der Waals surface area contributed by atoms with Crippen LogP contribution in [-0.2, 0) is 0 Å². The Kier molecular flexibility index (Phi) is 3.19. The first-order valence-electron chi connectivity index (χ1n) is 3.64. The Hall–Kier alpha value is -1.16. The van der Waals surface area contributed by atoms with Gasteiger partial charge in [-0.2, -0.15) is 0 Å². The lowest BCUT2D eigenvalue weighted by molar-refractivity contribution is -0.385. The van der Waals surface area contributed by atoms with Crippen molar-refractivity contribution in [3.8, 4) is 0 Å². The van der Waals surface area contributed by atoms with E-state index in [4.69, 9.17) is 0 Å². The van der Waals surface area contributed by atoms with E-state index in [0.717, 1.165) is 0 Å². The number of hydrogen-bond donors (Lipinski definition) is 0. The summed E-state index contributed by atoms with van der Waals surface area (Å²) in [5.74, 6) is 0. The number of rotatable bonds is 3. The van der Waals surface area contributed by atoms with Gasteiger partial charge in [-0.15, -0.1) is 0 Å². The van der Waals surface area contributed by atoms with Crippen molar-refractivity contribution in [3.63, 3.8) is 0 Å². The van der Waals surface area contributed by atoms with Crippen LogP contribution in [0.15, 0.2) is 30.8 Å². The SMILES string of the molecule is C=C(CBr)c1ccccc1[N+](=O)[O-]. The zero-order chi connectivity index (χ0) is 9.84. The lowest BCUT2D eigenvalue weighted by atomic mass is 10.1. The third-order valence-electron chi connectivity index (χ3n) is 1.64. The Morgan fingerprint density at radius 1 is 1.54 bits per heavy atom. The van der Waals surface area contributed by atoms with E-state index in [1.807, 2.05) is 0 Å². The van der Waals surface area contributed by atoms with E-state index in [2.05, 4.69) is 22.5 Å². The minimum absolute atomic E-state index is 0.104. The van der Waals surface area contributed by atoms with Gasteiger partial charge in [0.2, 0.25) is 0 Å². The predicted octanol–water partition coefficient (Wildman–Crippen LogP) is 3.00. The fraction of sp³-hybridized carbons (Fsp3) is 0.111. The van der Waals surface area contributed by atoms with Crippen LogP contribution in [0.2, 0.25) is 0 Å². The summed E-state index contributed by atoms with van der Waals surface area (Å²) in [5.41, 5.74) is 1.41. The molecule has 3 nitrogen and oxygen atoms in total. The summed E-state index contributed by atoms with van der Waals surface area (Å²) in [6, 6.07) is 6.57. The molecular weight excluding hydrogens is 234 g/mol. The monoisotopic (exact) mass is 241 g/mol. The molecule has 1 aromatic rings. The predicted molar refractivity (Wildman–Crippen MR) is 55.9 cm³/mol. The Morgan fingerprint density at radius 3 is 2.69 bits per heavy atom. The van der Waals surface area contributed by atoms with Gasteiger partial charge in [-0.05, 0) is 11.6 Å². The molecule has 0 aromatic heterocycles. The molecule has 0 bridgehead atoms. The highest BCUT2D eigenvalue weighted by molar-refractivity contribution is 9.09. The number of allylic oxidation sites excluding steroid dienone is 1. The molecule has 1 aromatic carbocycles. The smallest absolute Gasteiger partial charge is 0.258 e. The van der Waals surface area contributed by atoms with Crippen LogP contribution in [0.1, 0.15) is 5.56 Å². The number of alkyl halides is 1. The average Bonchev–Trinajstić information content (AvgIpc) is 2.16. The molecule has 0 aliphatic carbocycles. The highest BCUT2D eigenvalue weighted by Gasteiger charge is 2.13. The average molecular weight is 242 g/mol. The normalized spacial score (nSPS) is 9.62. The van der Waals surface area contributed by atoms with Gasteiger partial charge in [0.05, 0.1) is 10.5 Å². The molecule has 0 N–H and O–H groups in total. The molecule has 0 fully saturated rings. The van der Waals surface area contributed by atoms with Crippen molar-refractivity contribution < 1.29 is 4.92 Å². The number of nitrogens with zero attached hydrogens (tertiary/aromatic N) is 1. The van der Waals surface area contributed by atoms with Gasteiger partial charge in [0.25, 0.3) is 5.69 Å². The van der Waals surface area contributed by atoms with E-state index in [1.54, 1.807) is 18.2 Å². The van der Waals surface area contributed by atoms with E-state index >= 15 is 0 Å². The molecular formula is C9H8BrNO2. The first-order valence-corrected chi connectivity index (χ1v) is 4.76. The molecule has 0 atom stereocenters. The van der Waals surface area contributed by atoms with Crippen molar-refractivity contribution in [2.45, 2.75) is 0 Å². The largest absolute Gasteiger partial charge is 0.276 e. The van der Waals surface area contributed by atoms with Crippen LogP contribution >= 0.6 is 15.9 Å². The topological polar surface area (TPSA) is 43.1 Å². The number of hydrogen-bond acceptors (Lipinski definition) is 2. The number of benzene rings is 1. The zero-order valence-corrected chi connectivity index (χ0v) is 8.45. The fourth-order valence-corrected chi connectivity index (χ4v) is 1.31. The molecule has 4 heteroatoms. The van der Waals surface area contributed by atoms with Gasteiger partial charge in [0, 0.05) is 11.4 Å². The number of para-hydroxylation sites is 1. The minimum atomic E-state index is -0.400. The first kappa shape index (κ1) is 9.92. The Bertz CT molecular complexity index is 349. The highest BCUT2D eigenvalue weighted by atomic mass is 79.9. The second-order valence-corrected chi connectivity index (χ2v) is 3.07. The van der Waals surface area contributed by atoms with E-state index in [0.29, 0.717) is 16.5 Å². The zero-order valence-electron chi connectivity index (χ0n) is 6.87. The second kappa shape index (κ2) is 4.18. The van der Waals surface area contributed by atoms with Gasteiger partial charge in [0.15, 0.2) is 0 Å². The highest BCUT2D eigenvalue weighted by Crippen LogP contribution is 2.25. The van der Waals surface area contributed by atoms with Gasteiger partial charge in [0.1, 0.15) is 0 Å². The van der Waals surface area contributed by atoms with Gasteiger partial charge < -0.3 is 0 Å². The molecule has 0 saturated heterocycles. The number of nitro benzene ring substituents is 1. The molecule has 0 aliphatic rings. The fourth-order valence-electron chi connectivity index (χ4n) is 1.00. The third-order valence-corrected chi connectivity index (χ3v) is 2.32. The summed E-state index contributed by atoms with van der Waals surface area (Å²) < 4.78 is 0. The first-order chi connectivity index (χ1) is 6.16. The van der Waals surface area contributed by atoms with Crippen LogP contribution in [-0.4, -0.2) is 10.3 Å². The van der Waals surface area contributed by atoms with E-state index < -0.39 is 4.92 Å². The van der Waals surface area contributed by atoms with Crippen LogP contribution in [0, 0.1) is 10.1 Å². The summed E-state index contributed by atoms with van der Waals surface area (Å²) in [4.78, 5) is 10.2. The molecule has 0 aliphatic heterocycles. The van der Waals surface area contributed by atoms with Gasteiger partial charge in [-0.3, -0.25) is 10.1 Å². The van der Waals surface area contributed by atoms with Crippen molar-refractivity contribution in [1.29, 1.82) is 0 Å². The number of halogens is 1. The van der Waals surface area contributed by atoms with Gasteiger partial charge in [-0.25, -0.2) is 0 Å². The molecule has 0 spiro atoms. The van der Waals surface area contributed by atoms with Crippen LogP contribution in [0.3, 0.4) is 0 Å². The maximum atomic E-state index is 10.6. The lowest BCUT2D eigenvalue weighted by Gasteiger charge is -2.01. The van der Waals surface area contributed by atoms with Crippen LogP contribution in [0.5, 0.6) is 0 Å². The van der Waals surface area contributed by atoms with Crippen LogP contribution in [0.4, 0.5) is 5.69 Å². The molecule has 13 heavy (non-hydrogen) atoms. The van der Waals surface area contributed by atoms with Crippen molar-refractivity contribution in [2.75, 3.05) is 5.33 Å². The van der Waals surface area contributed by atoms with Crippen molar-refractivity contribution in [2.24, 2.45) is 0 Å². The molecule has 68 valence electrons. The van der Waals surface area contributed by atoms with Crippen LogP contribution < -0.4 is 0 Å². The van der Waals surface area contributed by atoms with Crippen molar-refractivity contribution >= 4 is 27.2 Å². The Balaban J connectivity index is 3.19. The molecule has 0 amide bonds. The maximum absolute atomic E-state index is 10.6. The van der Waals surface area contributed by atoms with E-state index in [9.17, 15) is 10.1 Å². The second-order valence-electron chi connectivity index (χ2n) is 2.51. The summed E-state index contributed by atoms with van der Waals surface area (Å²) in [5, 5.41) is 11.1. The van der Waals surface area contributed by atoms with Crippen molar-refractivity contribution in [3.05, 3.63) is 46.5 Å². The molecule has 0 unspecified atom stereocenters. The third kappa shape index (κ3) is 2.15. The Morgan fingerprint density at radius 2 is 2.15 bits per heavy atom. The van der Waals surface area contributed by atoms with Gasteiger partial charge >= 0.3 is 0 Å². The molecule has 0 radical (unpaired) electrons. The molecule has 0 saturated carbocycles. The quantitative estimate of drug-likeness (QED) is 0.464. The van der Waals surface area contributed by atoms with Crippen LogP contribution in [0.25, 0.3) is 5.57 Å². The van der Waals surface area contributed by atoms with Gasteiger partial charge in [-0.1, -0.05) is 34.6 Å². The summed E-state index contributed by atoms with van der Waals surface area (Å²) in [6.07, 6.45) is 0. The van der Waals surface area contributed by atoms with E-state index in [-0.39, 0.29) is 5.69 Å². The number of nitro groups is 1. The molecule has 0 heterocycles. The van der Waals surface area contributed by atoms with Crippen molar-refractivity contribution in [1.82, 2.24) is 0 Å². The van der Waals surface area contributed by atoms with E-state index in [1.165, 1.54) is 6.07 Å². The Labute approximate surface area is 84.4 Å². The lowest BCUT2D eigenvalue weighted by Crippen LogP contribution is -1.94. The standard InChI is InChI=1S/C9H8BrNO2/c1-7(6-10)8-4-2-3-5-9(8)11(12)13/h2-5H,1,6H2. The summed E-state index contributed by atoms with van der Waals surface area (Å²) in [7, 11) is 0. The maximum Gasteiger partial charge on any atom is 0.276 e. The molecule has 1 rings (SSSR count). The minimum Gasteiger partial charge on any atom is -0.258 e. The summed E-state index contributed by atoms with van der Waals surface area (Å²) in [6.45, 7) is 3.74. The summed E-state index contributed by atoms with van der Waals surface area (Å²) >= 11 is 3.21.